The van der Waals surface area contributed by atoms with Crippen molar-refractivity contribution >= 4 is 40.1 Å². The second-order valence-corrected chi connectivity index (χ2v) is 9.22. The number of carboxylic acid groups (broad SMARTS) is 1. The summed E-state index contributed by atoms with van der Waals surface area (Å²) < 4.78 is 7.36. The lowest BCUT2D eigenvalue weighted by Crippen LogP contribution is -2.29. The number of fused-ring (bicyclic) bond motifs is 1. The third-order valence-electron chi connectivity index (χ3n) is 6.62. The summed E-state index contributed by atoms with van der Waals surface area (Å²) in [5, 5.41) is 34.6. The first-order chi connectivity index (χ1) is 19.2. The van der Waals surface area contributed by atoms with Gasteiger partial charge in [0.1, 0.15) is 29.4 Å². The molecule has 0 aliphatic heterocycles. The fourth-order valence-electron chi connectivity index (χ4n) is 4.72. The molecule has 0 spiro atoms. The Hall–Kier alpha value is -5.35. The zero-order valence-electron chi connectivity index (χ0n) is 21.6. The van der Waals surface area contributed by atoms with E-state index in [1.165, 1.54) is 12.1 Å². The van der Waals surface area contributed by atoms with Crippen LogP contribution in [0.15, 0.2) is 77.2 Å². The molecule has 2 amide bonds. The molecule has 40 heavy (non-hydrogen) atoms. The molecule has 3 aromatic carbocycles. The number of nitrogens with one attached hydrogen (secondary N) is 2. The first-order valence-electron chi connectivity index (χ1n) is 12.2. The van der Waals surface area contributed by atoms with Gasteiger partial charge in [0, 0.05) is 41.0 Å². The number of phenols is 1. The van der Waals surface area contributed by atoms with Crippen molar-refractivity contribution in [3.05, 3.63) is 89.7 Å². The van der Waals surface area contributed by atoms with Crippen LogP contribution in [0.25, 0.3) is 33.5 Å². The summed E-state index contributed by atoms with van der Waals surface area (Å²) in [6.45, 7) is 1.62. The van der Waals surface area contributed by atoms with Gasteiger partial charge in [-0.2, -0.15) is 0 Å². The summed E-state index contributed by atoms with van der Waals surface area (Å²) in [5.41, 5.74) is 4.18. The Bertz CT molecular complexity index is 1800. The maximum absolute atomic E-state index is 12.7. The van der Waals surface area contributed by atoms with E-state index >= 15 is 0 Å². The molecule has 2 heterocycles. The highest BCUT2D eigenvalue weighted by Gasteiger charge is 2.20. The predicted molar refractivity (Wildman–Crippen MR) is 149 cm³/mol. The van der Waals surface area contributed by atoms with E-state index in [-0.39, 0.29) is 17.9 Å². The van der Waals surface area contributed by atoms with Gasteiger partial charge in [-0.25, -0.2) is 4.79 Å². The van der Waals surface area contributed by atoms with Crippen LogP contribution >= 0.6 is 0 Å². The Morgan fingerprint density at radius 3 is 2.10 bits per heavy atom. The number of hydrogen-bond acceptors (Lipinski definition) is 6. The van der Waals surface area contributed by atoms with Gasteiger partial charge in [-0.1, -0.05) is 24.3 Å². The van der Waals surface area contributed by atoms with Gasteiger partial charge in [-0.05, 0) is 55.0 Å². The largest absolute Gasteiger partial charge is 0.507 e. The summed E-state index contributed by atoms with van der Waals surface area (Å²) in [6, 6.07) is 19.9. The van der Waals surface area contributed by atoms with Gasteiger partial charge in [0.25, 0.3) is 0 Å². The number of carboxylic acids is 1. The van der Waals surface area contributed by atoms with Crippen molar-refractivity contribution in [3.63, 3.8) is 0 Å². The van der Waals surface area contributed by atoms with Crippen LogP contribution in [0, 0.1) is 6.92 Å². The first kappa shape index (κ1) is 26.3. The summed E-state index contributed by atoms with van der Waals surface area (Å²) in [6.07, 6.45) is 0. The number of aliphatic hydroxyl groups is 1. The number of aromatic hydroxyl groups is 1. The first-order valence-corrected chi connectivity index (χ1v) is 12.2. The maximum Gasteiger partial charge on any atom is 0.339 e. The van der Waals surface area contributed by atoms with Crippen molar-refractivity contribution in [2.24, 2.45) is 7.05 Å². The minimum absolute atomic E-state index is 0.190. The normalized spacial score (nSPS) is 11.0. The average molecular weight is 540 g/mol. The molecule has 10 nitrogen and oxygen atoms in total. The second kappa shape index (κ2) is 10.4. The molecule has 5 aromatic rings. The highest BCUT2D eigenvalue weighted by atomic mass is 16.4. The van der Waals surface area contributed by atoms with E-state index in [1.807, 2.05) is 17.6 Å². The molecule has 10 heteroatoms. The van der Waals surface area contributed by atoms with Crippen LogP contribution in [-0.4, -0.2) is 37.7 Å². The minimum atomic E-state index is -1.23. The number of nitrogens with zero attached hydrogens (tertiary/aromatic N) is 1. The van der Waals surface area contributed by atoms with E-state index in [1.54, 1.807) is 61.6 Å². The van der Waals surface area contributed by atoms with Crippen LogP contribution in [-0.2, 0) is 23.2 Å². The number of amides is 2. The molecule has 0 aliphatic rings. The zero-order valence-corrected chi connectivity index (χ0v) is 21.6. The highest BCUT2D eigenvalue weighted by Crippen LogP contribution is 2.36. The summed E-state index contributed by atoms with van der Waals surface area (Å²) in [4.78, 5) is 36.9. The molecule has 5 N–H and O–H groups in total. The summed E-state index contributed by atoms with van der Waals surface area (Å²) in [7, 11) is 1.80. The van der Waals surface area contributed by atoms with Gasteiger partial charge in [0.2, 0.25) is 0 Å². The smallest absolute Gasteiger partial charge is 0.339 e. The fourth-order valence-corrected chi connectivity index (χ4v) is 4.72. The van der Waals surface area contributed by atoms with Crippen molar-refractivity contribution in [2.45, 2.75) is 13.5 Å². The summed E-state index contributed by atoms with van der Waals surface area (Å²) in [5.74, 6) is -2.37. The molecule has 2 aromatic heterocycles. The van der Waals surface area contributed by atoms with Crippen LogP contribution in [0.5, 0.6) is 5.75 Å². The van der Waals surface area contributed by atoms with E-state index in [2.05, 4.69) is 10.6 Å². The number of carbonyl (C=O) groups is 3. The molecular weight excluding hydrogens is 514 g/mol. The predicted octanol–water partition coefficient (Wildman–Crippen LogP) is 4.89. The average Bonchev–Trinajstić information content (AvgIpc) is 3.51. The number of furan rings is 1. The van der Waals surface area contributed by atoms with E-state index < -0.39 is 17.8 Å². The molecule has 0 fully saturated rings. The van der Waals surface area contributed by atoms with Gasteiger partial charge < -0.3 is 34.9 Å². The van der Waals surface area contributed by atoms with E-state index in [4.69, 9.17) is 4.42 Å². The Morgan fingerprint density at radius 1 is 0.875 bits per heavy atom. The Morgan fingerprint density at radius 2 is 1.50 bits per heavy atom. The fraction of sp³-hybridized carbons (Fsp3) is 0.100. The van der Waals surface area contributed by atoms with E-state index in [0.29, 0.717) is 39.4 Å². The molecule has 0 bridgehead atoms. The molecule has 0 saturated carbocycles. The molecule has 0 unspecified atom stereocenters. The van der Waals surface area contributed by atoms with Crippen molar-refractivity contribution < 1.29 is 34.1 Å². The lowest BCUT2D eigenvalue weighted by molar-refractivity contribution is -0.132. The number of benzene rings is 3. The third-order valence-corrected chi connectivity index (χ3v) is 6.62. The Labute approximate surface area is 228 Å². The number of aryl methyl sites for hydroxylation is 2. The van der Waals surface area contributed by atoms with Crippen LogP contribution < -0.4 is 10.6 Å². The van der Waals surface area contributed by atoms with Crippen molar-refractivity contribution in [1.29, 1.82) is 0 Å². The number of rotatable bonds is 6. The molecule has 0 aliphatic carbocycles. The van der Waals surface area contributed by atoms with Gasteiger partial charge >= 0.3 is 17.8 Å². The van der Waals surface area contributed by atoms with Gasteiger partial charge in [0.05, 0.1) is 11.2 Å². The number of aliphatic hydroxyl groups excluding tert-OH is 1. The van der Waals surface area contributed by atoms with Gasteiger partial charge in [0.15, 0.2) is 0 Å². The zero-order chi connectivity index (χ0) is 28.6. The lowest BCUT2D eigenvalue weighted by Gasteiger charge is -2.10. The molecule has 0 atom stereocenters. The van der Waals surface area contributed by atoms with Crippen LogP contribution in [0.3, 0.4) is 0 Å². The standard InChI is InChI=1S/C30H25N3O7/c1-16-22-13-23(30(38)39)25(35)14-24(22)33(2)27(16)18-6-4-8-20(12-18)32-29(37)28(36)31-19-7-3-5-17(11-19)26-10-9-21(15-34)40-26/h3-14,34-35H,15H2,1-2H3,(H,31,36)(H,32,37)(H,38,39). The quantitative estimate of drug-likeness (QED) is 0.193. The molecule has 0 radical (unpaired) electrons. The number of anilines is 2. The van der Waals surface area contributed by atoms with Crippen molar-refractivity contribution in [1.82, 2.24) is 4.57 Å². The van der Waals surface area contributed by atoms with Gasteiger partial charge in [-0.3, -0.25) is 9.59 Å². The summed E-state index contributed by atoms with van der Waals surface area (Å²) >= 11 is 0. The van der Waals surface area contributed by atoms with Gasteiger partial charge in [-0.15, -0.1) is 0 Å². The molecule has 5 rings (SSSR count). The minimum Gasteiger partial charge on any atom is -0.507 e. The Kier molecular flexibility index (Phi) is 6.85. The molecular formula is C30H25N3O7. The maximum atomic E-state index is 12.7. The Balaban J connectivity index is 1.35. The molecule has 0 saturated heterocycles. The highest BCUT2D eigenvalue weighted by molar-refractivity contribution is 6.43. The molecule has 202 valence electrons. The lowest BCUT2D eigenvalue weighted by atomic mass is 10.0. The van der Waals surface area contributed by atoms with E-state index in [0.717, 1.165) is 16.8 Å². The van der Waals surface area contributed by atoms with Crippen molar-refractivity contribution in [2.75, 3.05) is 10.6 Å². The topological polar surface area (TPSA) is 154 Å². The van der Waals surface area contributed by atoms with Crippen molar-refractivity contribution in [3.8, 4) is 28.3 Å². The number of hydrogen-bond donors (Lipinski definition) is 5. The SMILES string of the molecule is Cc1c(-c2cccc(NC(=O)C(=O)Nc3cccc(-c4ccc(CO)o4)c3)c2)n(C)c2cc(O)c(C(=O)O)cc12. The van der Waals surface area contributed by atoms with Crippen LogP contribution in [0.2, 0.25) is 0 Å². The third kappa shape index (κ3) is 4.91. The number of aromatic carboxylic acids is 1. The second-order valence-electron chi connectivity index (χ2n) is 9.22. The van der Waals surface area contributed by atoms with Crippen LogP contribution in [0.4, 0.5) is 11.4 Å². The van der Waals surface area contributed by atoms with Crippen LogP contribution in [0.1, 0.15) is 21.7 Å². The monoisotopic (exact) mass is 539 g/mol. The van der Waals surface area contributed by atoms with E-state index in [9.17, 15) is 29.7 Å². The number of aromatic nitrogens is 1. The number of carbonyl (C=O) groups excluding carboxylic acids is 2.